The summed E-state index contributed by atoms with van der Waals surface area (Å²) in [4.78, 5) is 2.51. The molecule has 2 N–H and O–H groups in total. The number of nitrogens with two attached hydrogens (primary N) is 1. The van der Waals surface area contributed by atoms with E-state index in [1.165, 1.54) is 51.6 Å². The van der Waals surface area contributed by atoms with Gasteiger partial charge in [0.1, 0.15) is 0 Å². The van der Waals surface area contributed by atoms with Gasteiger partial charge in [-0.3, -0.25) is 0 Å². The lowest BCUT2D eigenvalue weighted by Crippen LogP contribution is -2.43. The molecule has 0 aliphatic heterocycles. The lowest BCUT2D eigenvalue weighted by molar-refractivity contribution is 0.118. The highest BCUT2D eigenvalue weighted by atomic mass is 15.1. The molecule has 1 atom stereocenters. The molecule has 0 aromatic heterocycles. The third kappa shape index (κ3) is 4.06. The second-order valence-corrected chi connectivity index (χ2v) is 5.97. The summed E-state index contributed by atoms with van der Waals surface area (Å²) in [6, 6.07) is 0. The van der Waals surface area contributed by atoms with Crippen molar-refractivity contribution in [3.05, 3.63) is 0 Å². The molecule has 1 aliphatic carbocycles. The summed E-state index contributed by atoms with van der Waals surface area (Å²) in [7, 11) is 2.26. The molecule has 1 rings (SSSR count). The van der Waals surface area contributed by atoms with Gasteiger partial charge >= 0.3 is 0 Å². The molecular formula is C14H30N2. The second kappa shape index (κ2) is 6.61. The van der Waals surface area contributed by atoms with Crippen LogP contribution in [0, 0.1) is 11.3 Å². The quantitative estimate of drug-likeness (QED) is 0.754. The molecule has 1 unspecified atom stereocenters. The zero-order valence-corrected chi connectivity index (χ0v) is 11.5. The molecule has 0 heterocycles. The smallest absolute Gasteiger partial charge is 0.00471 e. The molecule has 96 valence electrons. The highest BCUT2D eigenvalue weighted by Crippen LogP contribution is 2.35. The lowest BCUT2D eigenvalue weighted by Gasteiger charge is -2.39. The highest BCUT2D eigenvalue weighted by molar-refractivity contribution is 4.86. The van der Waals surface area contributed by atoms with Crippen LogP contribution in [0.4, 0.5) is 0 Å². The van der Waals surface area contributed by atoms with Crippen molar-refractivity contribution in [3.63, 3.8) is 0 Å². The fraction of sp³-hybridized carbons (Fsp3) is 1.00. The SMILES string of the molecule is CCC(C)CN(C)CC1(CN)CCCCC1. The minimum absolute atomic E-state index is 0.431. The van der Waals surface area contributed by atoms with Crippen LogP contribution in [0.5, 0.6) is 0 Å². The van der Waals surface area contributed by atoms with Crippen LogP contribution in [0.2, 0.25) is 0 Å². The maximum Gasteiger partial charge on any atom is 0.00471 e. The van der Waals surface area contributed by atoms with E-state index in [0.717, 1.165) is 12.5 Å². The zero-order valence-electron chi connectivity index (χ0n) is 11.5. The van der Waals surface area contributed by atoms with Gasteiger partial charge in [0.15, 0.2) is 0 Å². The van der Waals surface area contributed by atoms with Crippen molar-refractivity contribution in [2.24, 2.45) is 17.1 Å². The van der Waals surface area contributed by atoms with Gasteiger partial charge in [0, 0.05) is 13.1 Å². The lowest BCUT2D eigenvalue weighted by atomic mass is 9.73. The molecule has 0 amide bonds. The summed E-state index contributed by atoms with van der Waals surface area (Å²) in [5, 5.41) is 0. The van der Waals surface area contributed by atoms with Crippen LogP contribution in [0.15, 0.2) is 0 Å². The van der Waals surface area contributed by atoms with E-state index in [1.54, 1.807) is 0 Å². The Hall–Kier alpha value is -0.0800. The molecule has 0 spiro atoms. The van der Waals surface area contributed by atoms with Crippen molar-refractivity contribution in [3.8, 4) is 0 Å². The van der Waals surface area contributed by atoms with Crippen LogP contribution < -0.4 is 5.73 Å². The minimum atomic E-state index is 0.431. The summed E-state index contributed by atoms with van der Waals surface area (Å²) < 4.78 is 0. The summed E-state index contributed by atoms with van der Waals surface area (Å²) >= 11 is 0. The fourth-order valence-electron chi connectivity index (χ4n) is 3.03. The average molecular weight is 226 g/mol. The molecule has 1 saturated carbocycles. The van der Waals surface area contributed by atoms with E-state index in [-0.39, 0.29) is 0 Å². The fourth-order valence-corrected chi connectivity index (χ4v) is 3.03. The van der Waals surface area contributed by atoms with Crippen molar-refractivity contribution in [2.75, 3.05) is 26.7 Å². The van der Waals surface area contributed by atoms with Gasteiger partial charge < -0.3 is 10.6 Å². The average Bonchev–Trinajstić information content (AvgIpc) is 2.29. The first-order valence-electron chi connectivity index (χ1n) is 7.00. The first-order chi connectivity index (χ1) is 7.62. The van der Waals surface area contributed by atoms with Crippen molar-refractivity contribution < 1.29 is 0 Å². The molecule has 2 nitrogen and oxygen atoms in total. The number of rotatable bonds is 6. The Balaban J connectivity index is 2.42. The molecular weight excluding hydrogens is 196 g/mol. The van der Waals surface area contributed by atoms with E-state index in [9.17, 15) is 0 Å². The molecule has 0 radical (unpaired) electrons. The Morgan fingerprint density at radius 1 is 1.25 bits per heavy atom. The van der Waals surface area contributed by atoms with Gasteiger partial charge in [-0.05, 0) is 37.8 Å². The Kier molecular flexibility index (Phi) is 5.77. The third-order valence-electron chi connectivity index (χ3n) is 4.27. The topological polar surface area (TPSA) is 29.3 Å². The summed E-state index contributed by atoms with van der Waals surface area (Å²) in [5.74, 6) is 0.809. The van der Waals surface area contributed by atoms with Gasteiger partial charge in [0.2, 0.25) is 0 Å². The highest BCUT2D eigenvalue weighted by Gasteiger charge is 2.31. The standard InChI is InChI=1S/C14H30N2/c1-4-13(2)10-16(3)12-14(11-15)8-6-5-7-9-14/h13H,4-12,15H2,1-3H3. The van der Waals surface area contributed by atoms with E-state index >= 15 is 0 Å². The van der Waals surface area contributed by atoms with Gasteiger partial charge in [-0.25, -0.2) is 0 Å². The molecule has 2 heteroatoms. The Morgan fingerprint density at radius 2 is 1.88 bits per heavy atom. The predicted octanol–water partition coefficient (Wildman–Crippen LogP) is 2.87. The number of hydrogen-bond donors (Lipinski definition) is 1. The van der Waals surface area contributed by atoms with Crippen molar-refractivity contribution in [2.45, 2.75) is 52.4 Å². The van der Waals surface area contributed by atoms with E-state index < -0.39 is 0 Å². The van der Waals surface area contributed by atoms with Crippen LogP contribution >= 0.6 is 0 Å². The monoisotopic (exact) mass is 226 g/mol. The van der Waals surface area contributed by atoms with Gasteiger partial charge in [-0.1, -0.05) is 39.5 Å². The van der Waals surface area contributed by atoms with Crippen LogP contribution in [-0.4, -0.2) is 31.6 Å². The molecule has 1 aliphatic rings. The van der Waals surface area contributed by atoms with Gasteiger partial charge in [-0.2, -0.15) is 0 Å². The van der Waals surface area contributed by atoms with Crippen LogP contribution in [0.1, 0.15) is 52.4 Å². The van der Waals surface area contributed by atoms with Crippen molar-refractivity contribution >= 4 is 0 Å². The van der Waals surface area contributed by atoms with Crippen LogP contribution in [-0.2, 0) is 0 Å². The molecule has 16 heavy (non-hydrogen) atoms. The summed E-state index contributed by atoms with van der Waals surface area (Å²) in [5.41, 5.74) is 6.45. The van der Waals surface area contributed by atoms with Gasteiger partial charge in [0.25, 0.3) is 0 Å². The van der Waals surface area contributed by atoms with Crippen molar-refractivity contribution in [1.82, 2.24) is 4.90 Å². The first-order valence-corrected chi connectivity index (χ1v) is 7.00. The molecule has 0 saturated heterocycles. The van der Waals surface area contributed by atoms with Crippen molar-refractivity contribution in [1.29, 1.82) is 0 Å². The second-order valence-electron chi connectivity index (χ2n) is 5.97. The third-order valence-corrected chi connectivity index (χ3v) is 4.27. The van der Waals surface area contributed by atoms with Crippen LogP contribution in [0.3, 0.4) is 0 Å². The van der Waals surface area contributed by atoms with Gasteiger partial charge in [-0.15, -0.1) is 0 Å². The maximum absolute atomic E-state index is 6.02. The molecule has 0 aromatic carbocycles. The van der Waals surface area contributed by atoms with E-state index in [0.29, 0.717) is 5.41 Å². The zero-order chi connectivity index (χ0) is 12.0. The molecule has 0 bridgehead atoms. The first kappa shape index (κ1) is 14.0. The Morgan fingerprint density at radius 3 is 2.38 bits per heavy atom. The summed E-state index contributed by atoms with van der Waals surface area (Å²) in [6.45, 7) is 7.91. The minimum Gasteiger partial charge on any atom is -0.330 e. The predicted molar refractivity (Wildman–Crippen MR) is 71.5 cm³/mol. The largest absolute Gasteiger partial charge is 0.330 e. The van der Waals surface area contributed by atoms with E-state index in [4.69, 9.17) is 5.73 Å². The van der Waals surface area contributed by atoms with Crippen LogP contribution in [0.25, 0.3) is 0 Å². The molecule has 0 aromatic rings. The Labute approximate surface area is 102 Å². The molecule has 1 fully saturated rings. The van der Waals surface area contributed by atoms with E-state index in [1.807, 2.05) is 0 Å². The number of nitrogens with zero attached hydrogens (tertiary/aromatic N) is 1. The van der Waals surface area contributed by atoms with Gasteiger partial charge in [0.05, 0.1) is 0 Å². The number of hydrogen-bond acceptors (Lipinski definition) is 2. The maximum atomic E-state index is 6.02. The normalized spacial score (nSPS) is 22.3. The Bertz CT molecular complexity index is 185. The summed E-state index contributed by atoms with van der Waals surface area (Å²) in [6.07, 6.45) is 8.14. The van der Waals surface area contributed by atoms with E-state index in [2.05, 4.69) is 25.8 Å².